The van der Waals surface area contributed by atoms with Gasteiger partial charge in [-0.1, -0.05) is 0 Å². The number of fused-ring (bicyclic) bond motifs is 3. The Hall–Kier alpha value is -2.67. The van der Waals surface area contributed by atoms with Gasteiger partial charge in [-0.05, 0) is 0 Å². The zero-order valence-electron chi connectivity index (χ0n) is 13.4. The second kappa shape index (κ2) is 6.49. The Morgan fingerprint density at radius 2 is 1.78 bits per heavy atom. The number of benzene rings is 2. The number of nitrogens with zero attached hydrogens (tertiary/aromatic N) is 4. The van der Waals surface area contributed by atoms with Crippen LogP contribution in [0.15, 0.2) is 42.5 Å². The molecule has 0 bridgehead atoms. The Morgan fingerprint density at radius 3 is 2.48 bits per heavy atom. The van der Waals surface area contributed by atoms with Crippen molar-refractivity contribution in [3.05, 3.63) is 59.7 Å². The summed E-state index contributed by atoms with van der Waals surface area (Å²) < 4.78 is 56.3. The van der Waals surface area contributed by atoms with Gasteiger partial charge in [0.25, 0.3) is 0 Å². The molecule has 0 spiro atoms. The molecule has 4 rings (SSSR count). The number of hydrogen-bond acceptors (Lipinski definition) is 4. The first-order valence-electron chi connectivity index (χ1n) is 7.67. The Kier molecular flexibility index (Phi) is 4.26. The number of alkyl halides is 3. The van der Waals surface area contributed by atoms with E-state index in [-0.39, 0.29) is 12.2 Å². The van der Waals surface area contributed by atoms with Crippen molar-refractivity contribution in [2.24, 2.45) is 0 Å². The van der Waals surface area contributed by atoms with E-state index in [1.165, 1.54) is 36.4 Å². The van der Waals surface area contributed by atoms with Crippen LogP contribution in [0.1, 0.15) is 11.4 Å². The first kappa shape index (κ1) is 17.7. The fourth-order valence-corrected chi connectivity index (χ4v) is 3.12. The molecule has 0 aliphatic carbocycles. The molecule has 10 heteroatoms. The van der Waals surface area contributed by atoms with Gasteiger partial charge in [-0.25, -0.2) is 0 Å². The van der Waals surface area contributed by atoms with E-state index in [2.05, 4.69) is 36.7 Å². The molecular weight excluding hydrogens is 427 g/mol. The van der Waals surface area contributed by atoms with Gasteiger partial charge < -0.3 is 0 Å². The summed E-state index contributed by atoms with van der Waals surface area (Å²) in [5.41, 5.74) is 1.65. The van der Waals surface area contributed by atoms with Crippen LogP contribution in [0.3, 0.4) is 0 Å². The van der Waals surface area contributed by atoms with Crippen molar-refractivity contribution in [2.75, 3.05) is 0 Å². The molecule has 4 aromatic rings. The summed E-state index contributed by atoms with van der Waals surface area (Å²) in [5, 5.41) is 4.95. The summed E-state index contributed by atoms with van der Waals surface area (Å²) in [6, 6.07) is 9.67. The van der Waals surface area contributed by atoms with E-state index in [1.54, 1.807) is 10.6 Å². The molecule has 2 heterocycles. The topological polar surface area (TPSA) is 52.3 Å². The van der Waals surface area contributed by atoms with Gasteiger partial charge in [0.15, 0.2) is 0 Å². The maximum absolute atomic E-state index is 13.6. The maximum atomic E-state index is 13.6. The SMILES string of the molecule is Fc1ccc2c(c1)nc(Cc1ccc(OC(F)(F)F)cc1)n1nc([As])nc21. The van der Waals surface area contributed by atoms with E-state index in [0.29, 0.717) is 32.6 Å². The molecule has 0 aliphatic rings. The van der Waals surface area contributed by atoms with Crippen LogP contribution in [0, 0.1) is 5.82 Å². The molecule has 0 unspecified atom stereocenters. The fraction of sp³-hybridized carbons (Fsp3) is 0.118. The fourth-order valence-electron chi connectivity index (χ4n) is 2.73. The van der Waals surface area contributed by atoms with Crippen molar-refractivity contribution < 1.29 is 22.3 Å². The predicted octanol–water partition coefficient (Wildman–Crippen LogP) is 2.70. The average Bonchev–Trinajstić information content (AvgIpc) is 2.97. The first-order chi connectivity index (χ1) is 12.8. The molecular formula is C17H9AsF4N4O. The molecule has 0 saturated carbocycles. The first-order valence-corrected chi connectivity index (χ1v) is 8.61. The quantitative estimate of drug-likeness (QED) is 0.366. The molecule has 0 N–H and O–H groups in total. The van der Waals surface area contributed by atoms with Crippen molar-refractivity contribution >= 4 is 38.0 Å². The predicted molar refractivity (Wildman–Crippen MR) is 89.6 cm³/mol. The van der Waals surface area contributed by atoms with Crippen LogP contribution in [0.5, 0.6) is 5.75 Å². The zero-order chi connectivity index (χ0) is 19.2. The Morgan fingerprint density at radius 1 is 1.04 bits per heavy atom. The van der Waals surface area contributed by atoms with Gasteiger partial charge in [0.2, 0.25) is 0 Å². The van der Waals surface area contributed by atoms with E-state index in [0.717, 1.165) is 0 Å². The molecule has 0 atom stereocenters. The summed E-state index contributed by atoms with van der Waals surface area (Å²) in [6.45, 7) is 0. The van der Waals surface area contributed by atoms with E-state index >= 15 is 0 Å². The Balaban J connectivity index is 1.74. The molecule has 0 amide bonds. The van der Waals surface area contributed by atoms with Gasteiger partial charge in [0.05, 0.1) is 0 Å². The van der Waals surface area contributed by atoms with Crippen molar-refractivity contribution in [1.82, 2.24) is 19.6 Å². The molecule has 0 fully saturated rings. The van der Waals surface area contributed by atoms with Crippen molar-refractivity contribution in [1.29, 1.82) is 0 Å². The molecule has 2 aromatic heterocycles. The third-order valence-electron chi connectivity index (χ3n) is 3.81. The van der Waals surface area contributed by atoms with Gasteiger partial charge >= 0.3 is 158 Å². The van der Waals surface area contributed by atoms with Gasteiger partial charge in [-0.15, -0.1) is 0 Å². The second-order valence-electron chi connectivity index (χ2n) is 5.71. The average molecular weight is 436 g/mol. The monoisotopic (exact) mass is 436 g/mol. The summed E-state index contributed by atoms with van der Waals surface area (Å²) in [4.78, 5) is 8.80. The Bertz CT molecular complexity index is 1140. The second-order valence-corrected chi connectivity index (χ2v) is 6.54. The standard InChI is InChI=1S/C17H9AsF4N4O/c18-16-24-15-12-6-3-10(19)8-13(12)23-14(26(15)25-16)7-9-1-4-11(5-2-9)27-17(20,21)22/h1-6,8H,7H2. The van der Waals surface area contributed by atoms with Gasteiger partial charge in [0.1, 0.15) is 0 Å². The molecule has 136 valence electrons. The summed E-state index contributed by atoms with van der Waals surface area (Å²) >= 11 is 2.23. The number of ether oxygens (including phenoxy) is 1. The molecule has 0 saturated heterocycles. The van der Waals surface area contributed by atoms with Crippen LogP contribution in [-0.2, 0) is 6.42 Å². The summed E-state index contributed by atoms with van der Waals surface area (Å²) in [6.07, 6.45) is -4.47. The van der Waals surface area contributed by atoms with E-state index in [1.807, 2.05) is 0 Å². The third-order valence-corrected chi connectivity index (χ3v) is 4.21. The molecule has 2 radical (unpaired) electrons. The van der Waals surface area contributed by atoms with Crippen LogP contribution < -0.4 is 9.35 Å². The summed E-state index contributed by atoms with van der Waals surface area (Å²) in [7, 11) is 0. The van der Waals surface area contributed by atoms with E-state index in [9.17, 15) is 17.6 Å². The van der Waals surface area contributed by atoms with Crippen LogP contribution >= 0.6 is 0 Å². The van der Waals surface area contributed by atoms with E-state index < -0.39 is 12.2 Å². The van der Waals surface area contributed by atoms with E-state index in [4.69, 9.17) is 0 Å². The number of rotatable bonds is 3. The number of halogens is 4. The minimum atomic E-state index is -4.74. The third kappa shape index (κ3) is 3.73. The van der Waals surface area contributed by atoms with Crippen LogP contribution in [-0.4, -0.2) is 42.8 Å². The molecule has 27 heavy (non-hydrogen) atoms. The minimum absolute atomic E-state index is 0.269. The van der Waals surface area contributed by atoms with Crippen molar-refractivity contribution in [2.45, 2.75) is 12.8 Å². The van der Waals surface area contributed by atoms with Crippen molar-refractivity contribution in [3.63, 3.8) is 0 Å². The van der Waals surface area contributed by atoms with Gasteiger partial charge in [-0.2, -0.15) is 0 Å². The van der Waals surface area contributed by atoms with Crippen LogP contribution in [0.2, 0.25) is 0 Å². The summed E-state index contributed by atoms with van der Waals surface area (Å²) in [5.74, 6) is -0.248. The zero-order valence-corrected chi connectivity index (χ0v) is 15.3. The van der Waals surface area contributed by atoms with Crippen LogP contribution in [0.25, 0.3) is 16.6 Å². The molecule has 5 nitrogen and oxygen atoms in total. The van der Waals surface area contributed by atoms with Crippen LogP contribution in [0.4, 0.5) is 17.6 Å². The number of aromatic nitrogens is 4. The Labute approximate surface area is 158 Å². The molecule has 2 aromatic carbocycles. The molecule has 0 aliphatic heterocycles. The van der Waals surface area contributed by atoms with Gasteiger partial charge in [-0.3, -0.25) is 0 Å². The van der Waals surface area contributed by atoms with Gasteiger partial charge in [0, 0.05) is 0 Å². The van der Waals surface area contributed by atoms with Crippen molar-refractivity contribution in [3.8, 4) is 5.75 Å². The number of hydrogen-bond donors (Lipinski definition) is 0. The normalized spacial score (nSPS) is 12.0.